The maximum atomic E-state index is 13.0. The van der Waals surface area contributed by atoms with Gasteiger partial charge in [-0.15, -0.1) is 0 Å². The highest BCUT2D eigenvalue weighted by Crippen LogP contribution is 2.37. The van der Waals surface area contributed by atoms with Crippen LogP contribution in [0.3, 0.4) is 0 Å². The maximum Gasteiger partial charge on any atom is 0.303 e. The molecule has 0 saturated carbocycles. The topological polar surface area (TPSA) is 66.4 Å². The van der Waals surface area contributed by atoms with Gasteiger partial charge >= 0.3 is 5.97 Å². The summed E-state index contributed by atoms with van der Waals surface area (Å²) >= 11 is 0. The van der Waals surface area contributed by atoms with E-state index in [2.05, 4.69) is 45.1 Å². The predicted molar refractivity (Wildman–Crippen MR) is 137 cm³/mol. The van der Waals surface area contributed by atoms with Crippen molar-refractivity contribution in [2.45, 2.75) is 85.5 Å². The zero-order valence-corrected chi connectivity index (χ0v) is 21.2. The van der Waals surface area contributed by atoms with Crippen LogP contribution in [0.15, 0.2) is 42.5 Å². The lowest BCUT2D eigenvalue weighted by atomic mass is 9.82. The number of benzene rings is 2. The molecule has 0 saturated heterocycles. The highest BCUT2D eigenvalue weighted by molar-refractivity contribution is 5.93. The average Bonchev–Trinajstić information content (AvgIpc) is 2.72. The van der Waals surface area contributed by atoms with Crippen LogP contribution in [0.2, 0.25) is 0 Å². The van der Waals surface area contributed by atoms with E-state index in [-0.39, 0.29) is 18.2 Å². The third-order valence-electron chi connectivity index (χ3n) is 6.17. The van der Waals surface area contributed by atoms with Crippen LogP contribution in [-0.4, -0.2) is 17.0 Å². The molecule has 2 N–H and O–H groups in total. The number of carboxylic acids is 1. The van der Waals surface area contributed by atoms with Crippen LogP contribution in [-0.2, 0) is 16.0 Å². The van der Waals surface area contributed by atoms with Gasteiger partial charge in [-0.2, -0.15) is 0 Å². The number of anilines is 1. The Labute approximate surface area is 199 Å². The Balaban J connectivity index is 2.41. The number of amides is 1. The lowest BCUT2D eigenvalue weighted by Crippen LogP contribution is -2.18. The summed E-state index contributed by atoms with van der Waals surface area (Å²) in [5, 5.41) is 12.5. The van der Waals surface area contributed by atoms with Gasteiger partial charge in [0.1, 0.15) is 0 Å². The molecule has 33 heavy (non-hydrogen) atoms. The molecule has 2 aromatic carbocycles. The summed E-state index contributed by atoms with van der Waals surface area (Å²) in [5.41, 5.74) is 5.11. The number of hydrogen-bond acceptors (Lipinski definition) is 2. The number of carbonyl (C=O) groups is 2. The number of nitrogens with one attached hydrogen (secondary N) is 1. The van der Waals surface area contributed by atoms with E-state index in [4.69, 9.17) is 0 Å². The van der Waals surface area contributed by atoms with E-state index in [0.717, 1.165) is 41.6 Å². The monoisotopic (exact) mass is 451 g/mol. The fourth-order valence-corrected chi connectivity index (χ4v) is 4.57. The zero-order valence-electron chi connectivity index (χ0n) is 21.2. The van der Waals surface area contributed by atoms with E-state index >= 15 is 0 Å². The summed E-state index contributed by atoms with van der Waals surface area (Å²) in [6, 6.07) is 14.2. The van der Waals surface area contributed by atoms with Crippen LogP contribution >= 0.6 is 0 Å². The quantitative estimate of drug-likeness (QED) is 0.355. The molecule has 0 heterocycles. The first-order chi connectivity index (χ1) is 15.6. The van der Waals surface area contributed by atoms with Gasteiger partial charge in [-0.3, -0.25) is 9.59 Å². The molecule has 4 heteroatoms. The lowest BCUT2D eigenvalue weighted by molar-refractivity contribution is -0.137. The second-order valence-electron chi connectivity index (χ2n) is 10.2. The number of hydrogen-bond donors (Lipinski definition) is 2. The first-order valence-corrected chi connectivity index (χ1v) is 12.3. The number of aliphatic carboxylic acids is 1. The molecule has 2 aromatic rings. The van der Waals surface area contributed by atoms with E-state index in [1.54, 1.807) is 0 Å². The Morgan fingerprint density at radius 2 is 1.52 bits per heavy atom. The van der Waals surface area contributed by atoms with Crippen LogP contribution in [0.4, 0.5) is 5.69 Å². The van der Waals surface area contributed by atoms with Gasteiger partial charge in [0.15, 0.2) is 0 Å². The number of rotatable bonds is 12. The molecule has 0 radical (unpaired) electrons. The molecule has 1 atom stereocenters. The van der Waals surface area contributed by atoms with E-state index < -0.39 is 5.97 Å². The predicted octanol–water partition coefficient (Wildman–Crippen LogP) is 7.32. The van der Waals surface area contributed by atoms with Crippen LogP contribution in [0.5, 0.6) is 0 Å². The van der Waals surface area contributed by atoms with Gasteiger partial charge < -0.3 is 10.4 Å². The summed E-state index contributed by atoms with van der Waals surface area (Å²) in [6.07, 6.45) is 3.24. The minimum atomic E-state index is -0.798. The third kappa shape index (κ3) is 8.68. The fraction of sp³-hybridized carbons (Fsp3) is 0.517. The molecule has 0 aliphatic heterocycles. The van der Waals surface area contributed by atoms with E-state index in [0.29, 0.717) is 24.2 Å². The first-order valence-electron chi connectivity index (χ1n) is 12.3. The zero-order chi connectivity index (χ0) is 24.5. The number of aryl methyl sites for hydroxylation is 1. The molecular formula is C29H41NO3. The van der Waals surface area contributed by atoms with Gasteiger partial charge in [0, 0.05) is 5.69 Å². The summed E-state index contributed by atoms with van der Waals surface area (Å²) < 4.78 is 0. The van der Waals surface area contributed by atoms with Crippen LogP contribution in [0.25, 0.3) is 0 Å². The minimum Gasteiger partial charge on any atom is -0.481 e. The molecule has 1 amide bonds. The van der Waals surface area contributed by atoms with Crippen LogP contribution < -0.4 is 5.32 Å². The van der Waals surface area contributed by atoms with E-state index in [1.807, 2.05) is 44.2 Å². The largest absolute Gasteiger partial charge is 0.481 e. The molecule has 0 aliphatic rings. The Morgan fingerprint density at radius 1 is 0.909 bits per heavy atom. The molecule has 0 fully saturated rings. The van der Waals surface area contributed by atoms with Crippen LogP contribution in [0, 0.1) is 18.8 Å². The lowest BCUT2D eigenvalue weighted by Gasteiger charge is -2.26. The van der Waals surface area contributed by atoms with Crippen molar-refractivity contribution in [3.05, 3.63) is 64.7 Å². The van der Waals surface area contributed by atoms with Crippen molar-refractivity contribution in [3.63, 3.8) is 0 Å². The summed E-state index contributed by atoms with van der Waals surface area (Å²) in [5.74, 6) is 0.510. The van der Waals surface area contributed by atoms with Gasteiger partial charge in [0.2, 0.25) is 5.91 Å². The second-order valence-corrected chi connectivity index (χ2v) is 10.2. The van der Waals surface area contributed by atoms with E-state index in [1.165, 1.54) is 5.56 Å². The second kappa shape index (κ2) is 12.6. The molecule has 0 aliphatic carbocycles. The molecule has 0 aromatic heterocycles. The smallest absolute Gasteiger partial charge is 0.303 e. The Morgan fingerprint density at radius 3 is 2.03 bits per heavy atom. The standard InChI is InChI=1S/C29H41NO3/c1-7-23(18-29(32)33)24-12-13-26(25(14-19(2)3)15-20(4)5)27(17-24)30-28(31)16-22-10-8-21(6)9-11-22/h8-13,17,19-20,23,25H,7,14-16,18H2,1-6H3,(H,30,31)(H,32,33)/t23-/m0/s1. The summed E-state index contributed by atoms with van der Waals surface area (Å²) in [4.78, 5) is 24.4. The summed E-state index contributed by atoms with van der Waals surface area (Å²) in [6.45, 7) is 13.0. The number of carboxylic acid groups (broad SMARTS) is 1. The van der Waals surface area contributed by atoms with Gasteiger partial charge in [-0.1, -0.05) is 76.6 Å². The van der Waals surface area contributed by atoms with Gasteiger partial charge in [0.25, 0.3) is 0 Å². The number of carbonyl (C=O) groups excluding carboxylic acids is 1. The normalized spacial score (nSPS) is 12.4. The molecule has 180 valence electrons. The highest BCUT2D eigenvalue weighted by Gasteiger charge is 2.22. The fourth-order valence-electron chi connectivity index (χ4n) is 4.57. The van der Waals surface area contributed by atoms with Crippen molar-refractivity contribution in [1.82, 2.24) is 0 Å². The van der Waals surface area contributed by atoms with Crippen molar-refractivity contribution in [2.75, 3.05) is 5.32 Å². The van der Waals surface area contributed by atoms with Gasteiger partial charge in [0.05, 0.1) is 12.8 Å². The first kappa shape index (κ1) is 26.6. The average molecular weight is 452 g/mol. The molecule has 0 unspecified atom stereocenters. The summed E-state index contributed by atoms with van der Waals surface area (Å²) in [7, 11) is 0. The van der Waals surface area contributed by atoms with Gasteiger partial charge in [-0.05, 0) is 72.6 Å². The minimum absolute atomic E-state index is 0.0450. The molecule has 0 bridgehead atoms. The maximum absolute atomic E-state index is 13.0. The third-order valence-corrected chi connectivity index (χ3v) is 6.17. The highest BCUT2D eigenvalue weighted by atomic mass is 16.4. The van der Waals surface area contributed by atoms with Crippen molar-refractivity contribution < 1.29 is 14.7 Å². The van der Waals surface area contributed by atoms with Crippen LogP contribution in [0.1, 0.15) is 94.4 Å². The molecule has 0 spiro atoms. The Hall–Kier alpha value is -2.62. The Kier molecular flexibility index (Phi) is 10.1. The van der Waals surface area contributed by atoms with Crippen molar-refractivity contribution in [2.24, 2.45) is 11.8 Å². The van der Waals surface area contributed by atoms with Crippen molar-refractivity contribution in [3.8, 4) is 0 Å². The van der Waals surface area contributed by atoms with Crippen molar-refractivity contribution >= 4 is 17.6 Å². The molecule has 2 rings (SSSR count). The molecular weight excluding hydrogens is 410 g/mol. The van der Waals surface area contributed by atoms with Gasteiger partial charge in [-0.25, -0.2) is 0 Å². The van der Waals surface area contributed by atoms with Crippen molar-refractivity contribution in [1.29, 1.82) is 0 Å². The molecule has 4 nitrogen and oxygen atoms in total. The SMILES string of the molecule is CC[C@@H](CC(=O)O)c1ccc(C(CC(C)C)CC(C)C)c(NC(=O)Cc2ccc(C)cc2)c1. The van der Waals surface area contributed by atoms with E-state index in [9.17, 15) is 14.7 Å². The Bertz CT molecular complexity index is 905.